The molecule has 0 spiro atoms. The zero-order valence-electron chi connectivity index (χ0n) is 16.0. The van der Waals surface area contributed by atoms with Crippen LogP contribution in [0, 0.1) is 23.7 Å². The Bertz CT molecular complexity index is 787. The van der Waals surface area contributed by atoms with Crippen molar-refractivity contribution in [2.24, 2.45) is 23.7 Å². The van der Waals surface area contributed by atoms with E-state index in [9.17, 15) is 0 Å². The maximum absolute atomic E-state index is 6.51. The van der Waals surface area contributed by atoms with E-state index in [0.717, 1.165) is 41.3 Å². The molecule has 0 aliphatic heterocycles. The molecule has 1 N–H and O–H groups in total. The van der Waals surface area contributed by atoms with Crippen LogP contribution in [0.4, 0.5) is 0 Å². The van der Waals surface area contributed by atoms with Gasteiger partial charge in [0.2, 0.25) is 0 Å². The molecule has 0 atom stereocenters. The van der Waals surface area contributed by atoms with Gasteiger partial charge in [-0.2, -0.15) is 0 Å². The molecule has 0 heterocycles. The van der Waals surface area contributed by atoms with Crippen LogP contribution in [0.3, 0.4) is 0 Å². The molecule has 4 aliphatic carbocycles. The Morgan fingerprint density at radius 1 is 0.821 bits per heavy atom. The molecule has 4 heteroatoms. The minimum atomic E-state index is 0.464. The Morgan fingerprint density at radius 2 is 1.43 bits per heavy atom. The number of nitrogens with one attached hydrogen (secondary N) is 1. The fourth-order valence-electron chi connectivity index (χ4n) is 6.08. The van der Waals surface area contributed by atoms with Crippen molar-refractivity contribution in [3.63, 3.8) is 0 Å². The SMILES string of the molecule is Clc1cc(CNC2C3CC4CC(C3)CC2C4)cc(Cl)c1OCc1ccccc1. The predicted octanol–water partition coefficient (Wildman–Crippen LogP) is 6.49. The standard InChI is InChI=1S/C24H27Cl2NO/c25-21-11-18(12-22(26)24(21)28-14-15-4-2-1-3-5-15)13-27-23-19-7-16-6-17(9-19)10-20(23)8-16/h1-5,11-12,16-17,19-20,23,27H,6-10,13-14H2. The van der Waals surface area contributed by atoms with Crippen LogP contribution in [0.5, 0.6) is 5.75 Å². The number of rotatable bonds is 6. The van der Waals surface area contributed by atoms with E-state index < -0.39 is 0 Å². The largest absolute Gasteiger partial charge is 0.486 e. The lowest BCUT2D eigenvalue weighted by atomic mass is 9.54. The molecule has 0 aromatic heterocycles. The molecule has 0 radical (unpaired) electrons. The molecule has 4 saturated carbocycles. The van der Waals surface area contributed by atoms with Crippen LogP contribution >= 0.6 is 23.2 Å². The van der Waals surface area contributed by atoms with Gasteiger partial charge in [-0.15, -0.1) is 0 Å². The van der Waals surface area contributed by atoms with Crippen molar-refractivity contribution in [3.05, 3.63) is 63.6 Å². The number of benzene rings is 2. The molecule has 0 amide bonds. The van der Waals surface area contributed by atoms with Crippen molar-refractivity contribution >= 4 is 23.2 Å². The molecule has 148 valence electrons. The van der Waals surface area contributed by atoms with Crippen LogP contribution in [-0.2, 0) is 13.2 Å². The average Bonchev–Trinajstić information content (AvgIpc) is 2.67. The summed E-state index contributed by atoms with van der Waals surface area (Å²) in [7, 11) is 0. The van der Waals surface area contributed by atoms with Gasteiger partial charge in [0.1, 0.15) is 6.61 Å². The van der Waals surface area contributed by atoms with Crippen molar-refractivity contribution in [1.82, 2.24) is 5.32 Å². The quantitative estimate of drug-likeness (QED) is 0.581. The molecule has 2 nitrogen and oxygen atoms in total. The van der Waals surface area contributed by atoms with Crippen LogP contribution in [0.25, 0.3) is 0 Å². The second kappa shape index (κ2) is 7.89. The Morgan fingerprint density at radius 3 is 2.04 bits per heavy atom. The van der Waals surface area contributed by atoms with Gasteiger partial charge in [0.05, 0.1) is 10.0 Å². The molecular weight excluding hydrogens is 389 g/mol. The first-order valence-corrected chi connectivity index (χ1v) is 11.3. The third kappa shape index (κ3) is 3.79. The minimum absolute atomic E-state index is 0.464. The van der Waals surface area contributed by atoms with Crippen molar-refractivity contribution in [3.8, 4) is 5.75 Å². The van der Waals surface area contributed by atoms with Gasteiger partial charge in [-0.3, -0.25) is 0 Å². The maximum Gasteiger partial charge on any atom is 0.156 e. The summed E-state index contributed by atoms with van der Waals surface area (Å²) in [4.78, 5) is 0. The maximum atomic E-state index is 6.51. The molecule has 4 aliphatic rings. The topological polar surface area (TPSA) is 21.3 Å². The van der Waals surface area contributed by atoms with Crippen LogP contribution < -0.4 is 10.1 Å². The summed E-state index contributed by atoms with van der Waals surface area (Å²) in [6.07, 6.45) is 7.21. The van der Waals surface area contributed by atoms with Gasteiger partial charge in [-0.25, -0.2) is 0 Å². The molecule has 6 rings (SSSR count). The lowest BCUT2D eigenvalue weighted by Crippen LogP contribution is -2.54. The molecule has 2 aromatic rings. The van der Waals surface area contributed by atoms with Gasteiger partial charge in [-0.1, -0.05) is 53.5 Å². The summed E-state index contributed by atoms with van der Waals surface area (Å²) < 4.78 is 5.90. The van der Waals surface area contributed by atoms with Crippen LogP contribution in [-0.4, -0.2) is 6.04 Å². The minimum Gasteiger partial charge on any atom is -0.486 e. The van der Waals surface area contributed by atoms with E-state index in [4.69, 9.17) is 27.9 Å². The van der Waals surface area contributed by atoms with Crippen molar-refractivity contribution in [2.45, 2.75) is 51.3 Å². The van der Waals surface area contributed by atoms with E-state index in [1.165, 1.54) is 32.1 Å². The molecule has 2 aromatic carbocycles. The number of hydrogen-bond acceptors (Lipinski definition) is 2. The number of ether oxygens (including phenoxy) is 1. The highest BCUT2D eigenvalue weighted by Crippen LogP contribution is 2.53. The van der Waals surface area contributed by atoms with Crippen LogP contribution in [0.15, 0.2) is 42.5 Å². The van der Waals surface area contributed by atoms with Crippen LogP contribution in [0.1, 0.15) is 43.2 Å². The summed E-state index contributed by atoms with van der Waals surface area (Å²) >= 11 is 13.0. The summed E-state index contributed by atoms with van der Waals surface area (Å²) in [6.45, 7) is 1.29. The Kier molecular flexibility index (Phi) is 5.30. The first-order valence-electron chi connectivity index (χ1n) is 10.5. The fraction of sp³-hybridized carbons (Fsp3) is 0.500. The van der Waals surface area contributed by atoms with E-state index in [2.05, 4.69) is 5.32 Å². The van der Waals surface area contributed by atoms with Gasteiger partial charge >= 0.3 is 0 Å². The molecular formula is C24H27Cl2NO. The summed E-state index contributed by atoms with van der Waals surface area (Å²) in [6, 6.07) is 14.7. The summed E-state index contributed by atoms with van der Waals surface area (Å²) in [5, 5.41) is 5.03. The lowest BCUT2D eigenvalue weighted by Gasteiger charge is -2.54. The molecule has 0 unspecified atom stereocenters. The van der Waals surface area contributed by atoms with Gasteiger partial charge in [0, 0.05) is 12.6 Å². The van der Waals surface area contributed by atoms with Gasteiger partial charge in [-0.05, 0) is 79.0 Å². The highest BCUT2D eigenvalue weighted by molar-refractivity contribution is 6.37. The third-order valence-corrected chi connectivity index (χ3v) is 7.61. The monoisotopic (exact) mass is 415 g/mol. The highest BCUT2D eigenvalue weighted by atomic mass is 35.5. The number of halogens is 2. The number of hydrogen-bond donors (Lipinski definition) is 1. The zero-order chi connectivity index (χ0) is 19.1. The smallest absolute Gasteiger partial charge is 0.156 e. The van der Waals surface area contributed by atoms with E-state index in [-0.39, 0.29) is 0 Å². The summed E-state index contributed by atoms with van der Waals surface area (Å²) in [5.74, 6) is 4.33. The van der Waals surface area contributed by atoms with Gasteiger partial charge < -0.3 is 10.1 Å². The Hall–Kier alpha value is -1.22. The van der Waals surface area contributed by atoms with Crippen molar-refractivity contribution < 1.29 is 4.74 Å². The Labute approximate surface area is 177 Å². The molecule has 4 bridgehead atoms. The fourth-order valence-corrected chi connectivity index (χ4v) is 6.72. The first kappa shape index (κ1) is 18.8. The normalized spacial score (nSPS) is 30.6. The zero-order valence-corrected chi connectivity index (χ0v) is 17.6. The lowest BCUT2D eigenvalue weighted by molar-refractivity contribution is -0.0142. The third-order valence-electron chi connectivity index (χ3n) is 7.05. The highest BCUT2D eigenvalue weighted by Gasteiger charge is 2.47. The van der Waals surface area contributed by atoms with Crippen molar-refractivity contribution in [2.75, 3.05) is 0 Å². The molecule has 0 saturated heterocycles. The average molecular weight is 416 g/mol. The van der Waals surface area contributed by atoms with Gasteiger partial charge in [0.15, 0.2) is 5.75 Å². The van der Waals surface area contributed by atoms with E-state index in [0.29, 0.717) is 28.4 Å². The first-order chi connectivity index (χ1) is 13.7. The predicted molar refractivity (Wildman–Crippen MR) is 115 cm³/mol. The second-order valence-corrected chi connectivity index (χ2v) is 9.81. The Balaban J connectivity index is 1.23. The van der Waals surface area contributed by atoms with Crippen LogP contribution in [0.2, 0.25) is 10.0 Å². The molecule has 28 heavy (non-hydrogen) atoms. The van der Waals surface area contributed by atoms with E-state index in [1.807, 2.05) is 42.5 Å². The van der Waals surface area contributed by atoms with Crippen molar-refractivity contribution in [1.29, 1.82) is 0 Å². The van der Waals surface area contributed by atoms with Gasteiger partial charge in [0.25, 0.3) is 0 Å². The van der Waals surface area contributed by atoms with E-state index in [1.54, 1.807) is 0 Å². The summed E-state index contributed by atoms with van der Waals surface area (Å²) in [5.41, 5.74) is 2.23. The van der Waals surface area contributed by atoms with E-state index >= 15 is 0 Å². The molecule has 4 fully saturated rings. The second-order valence-electron chi connectivity index (χ2n) is 9.00.